The Bertz CT molecular complexity index is 174. The van der Waals surface area contributed by atoms with Crippen LogP contribution in [-0.2, 0) is 7.05 Å². The first-order chi connectivity index (χ1) is 3.70. The van der Waals surface area contributed by atoms with Gasteiger partial charge in [0.15, 0.2) is 0 Å². The van der Waals surface area contributed by atoms with Crippen molar-refractivity contribution >= 4 is 11.6 Å². The fourth-order valence-electron chi connectivity index (χ4n) is 0.487. The summed E-state index contributed by atoms with van der Waals surface area (Å²) in [5.41, 5.74) is 0. The molecule has 4 heteroatoms. The molecule has 44 valence electrons. The lowest BCUT2D eigenvalue weighted by Gasteiger charge is -1.82. The Balaban J connectivity index is 3.14. The van der Waals surface area contributed by atoms with Crippen molar-refractivity contribution in [2.24, 2.45) is 7.05 Å². The van der Waals surface area contributed by atoms with E-state index in [2.05, 4.69) is 10.1 Å². The molecule has 0 aromatic carbocycles. The quantitative estimate of drug-likeness (QED) is 0.521. The third-order valence-corrected chi connectivity index (χ3v) is 1.14. The molecule has 1 aromatic heterocycles. The van der Waals surface area contributed by atoms with Gasteiger partial charge in [-0.2, -0.15) is 5.10 Å². The zero-order valence-corrected chi connectivity index (χ0v) is 5.48. The molecule has 8 heavy (non-hydrogen) atoms. The SMILES string of the molecule is Cc1nc(Cl)n(C)n1. The molecule has 0 fully saturated rings. The van der Waals surface area contributed by atoms with E-state index in [1.54, 1.807) is 14.0 Å². The Hall–Kier alpha value is -0.570. The molecule has 0 bridgehead atoms. The summed E-state index contributed by atoms with van der Waals surface area (Å²) in [4.78, 5) is 3.83. The van der Waals surface area contributed by atoms with E-state index in [9.17, 15) is 0 Å². The van der Waals surface area contributed by atoms with Crippen LogP contribution in [0.3, 0.4) is 0 Å². The molecule has 1 aromatic rings. The smallest absolute Gasteiger partial charge is 0.220 e. The van der Waals surface area contributed by atoms with Crippen LogP contribution in [0.2, 0.25) is 5.28 Å². The highest BCUT2D eigenvalue weighted by atomic mass is 35.5. The Morgan fingerprint density at radius 2 is 2.25 bits per heavy atom. The third kappa shape index (κ3) is 0.816. The first kappa shape index (κ1) is 5.56. The summed E-state index contributed by atoms with van der Waals surface area (Å²) in [6.07, 6.45) is 0. The number of halogens is 1. The van der Waals surface area contributed by atoms with Gasteiger partial charge in [-0.3, -0.25) is 0 Å². The molecule has 3 nitrogen and oxygen atoms in total. The second-order valence-electron chi connectivity index (χ2n) is 1.55. The normalized spacial score (nSPS) is 9.88. The lowest BCUT2D eigenvalue weighted by molar-refractivity contribution is 0.757. The molecule has 1 heterocycles. The summed E-state index contributed by atoms with van der Waals surface area (Å²) >= 11 is 5.52. The van der Waals surface area contributed by atoms with Gasteiger partial charge >= 0.3 is 0 Å². The van der Waals surface area contributed by atoms with Crippen LogP contribution in [0.4, 0.5) is 0 Å². The largest absolute Gasteiger partial charge is 0.239 e. The van der Waals surface area contributed by atoms with Crippen molar-refractivity contribution in [3.05, 3.63) is 11.1 Å². The highest BCUT2D eigenvalue weighted by Gasteiger charge is 1.95. The van der Waals surface area contributed by atoms with Gasteiger partial charge in [-0.25, -0.2) is 9.67 Å². The molecule has 0 saturated carbocycles. The number of aromatic nitrogens is 3. The van der Waals surface area contributed by atoms with E-state index in [-0.39, 0.29) is 0 Å². The predicted octanol–water partition coefficient (Wildman–Crippen LogP) is 0.777. The minimum atomic E-state index is 0.433. The predicted molar refractivity (Wildman–Crippen MR) is 30.7 cm³/mol. The van der Waals surface area contributed by atoms with Gasteiger partial charge < -0.3 is 0 Å². The van der Waals surface area contributed by atoms with Gasteiger partial charge in [-0.1, -0.05) is 0 Å². The fraction of sp³-hybridized carbons (Fsp3) is 0.500. The van der Waals surface area contributed by atoms with E-state index >= 15 is 0 Å². The van der Waals surface area contributed by atoms with E-state index in [0.717, 1.165) is 0 Å². The molecule has 0 amide bonds. The number of rotatable bonds is 0. The molecular formula is C4H6ClN3. The Kier molecular flexibility index (Phi) is 1.21. The average molecular weight is 132 g/mol. The van der Waals surface area contributed by atoms with Crippen molar-refractivity contribution in [2.45, 2.75) is 6.92 Å². The maximum absolute atomic E-state index is 5.52. The van der Waals surface area contributed by atoms with Gasteiger partial charge in [0.05, 0.1) is 0 Å². The monoisotopic (exact) mass is 131 g/mol. The molecule has 0 aliphatic rings. The van der Waals surface area contributed by atoms with Crippen LogP contribution >= 0.6 is 11.6 Å². The van der Waals surface area contributed by atoms with Gasteiger partial charge in [0, 0.05) is 7.05 Å². The van der Waals surface area contributed by atoms with E-state index in [0.29, 0.717) is 11.1 Å². The van der Waals surface area contributed by atoms with Gasteiger partial charge in [-0.15, -0.1) is 0 Å². The standard InChI is InChI=1S/C4H6ClN3/c1-3-6-4(5)8(2)7-3/h1-2H3. The second kappa shape index (κ2) is 1.74. The van der Waals surface area contributed by atoms with Crippen LogP contribution < -0.4 is 0 Å². The Morgan fingerprint density at radius 3 is 2.38 bits per heavy atom. The minimum absolute atomic E-state index is 0.433. The van der Waals surface area contributed by atoms with Crippen LogP contribution in [0.5, 0.6) is 0 Å². The van der Waals surface area contributed by atoms with Gasteiger partial charge in [0.1, 0.15) is 5.82 Å². The molecular weight excluding hydrogens is 126 g/mol. The molecule has 0 aliphatic heterocycles. The second-order valence-corrected chi connectivity index (χ2v) is 1.89. The summed E-state index contributed by atoms with van der Waals surface area (Å²) in [6, 6.07) is 0. The van der Waals surface area contributed by atoms with Gasteiger partial charge in [-0.05, 0) is 18.5 Å². The van der Waals surface area contributed by atoms with Crippen LogP contribution in [0.25, 0.3) is 0 Å². The molecule has 0 atom stereocenters. The molecule has 1 rings (SSSR count). The summed E-state index contributed by atoms with van der Waals surface area (Å²) < 4.78 is 1.52. The van der Waals surface area contributed by atoms with Gasteiger partial charge in [0.25, 0.3) is 0 Å². The highest BCUT2D eigenvalue weighted by molar-refractivity contribution is 6.28. The first-order valence-corrected chi connectivity index (χ1v) is 2.61. The minimum Gasteiger partial charge on any atom is -0.239 e. The topological polar surface area (TPSA) is 30.7 Å². The number of aryl methyl sites for hydroxylation is 2. The summed E-state index contributed by atoms with van der Waals surface area (Å²) in [5, 5.41) is 4.32. The van der Waals surface area contributed by atoms with Crippen LogP contribution in [-0.4, -0.2) is 14.8 Å². The molecule has 0 saturated heterocycles. The summed E-state index contributed by atoms with van der Waals surface area (Å²) in [5.74, 6) is 0.706. The van der Waals surface area contributed by atoms with Crippen LogP contribution in [0, 0.1) is 6.92 Å². The van der Waals surface area contributed by atoms with E-state index in [4.69, 9.17) is 11.6 Å². The van der Waals surface area contributed by atoms with Gasteiger partial charge in [0.2, 0.25) is 5.28 Å². The lowest BCUT2D eigenvalue weighted by Crippen LogP contribution is -1.88. The van der Waals surface area contributed by atoms with E-state index in [1.165, 1.54) is 4.68 Å². The first-order valence-electron chi connectivity index (χ1n) is 2.23. The zero-order valence-electron chi connectivity index (χ0n) is 4.72. The van der Waals surface area contributed by atoms with Crippen molar-refractivity contribution in [3.8, 4) is 0 Å². The summed E-state index contributed by atoms with van der Waals surface area (Å²) in [7, 11) is 1.75. The maximum atomic E-state index is 5.52. The highest BCUT2D eigenvalue weighted by Crippen LogP contribution is 2.00. The number of nitrogens with zero attached hydrogens (tertiary/aromatic N) is 3. The van der Waals surface area contributed by atoms with Crippen LogP contribution in [0.1, 0.15) is 5.82 Å². The summed E-state index contributed by atoms with van der Waals surface area (Å²) in [6.45, 7) is 1.80. The van der Waals surface area contributed by atoms with E-state index in [1.807, 2.05) is 0 Å². The molecule has 0 aliphatic carbocycles. The van der Waals surface area contributed by atoms with E-state index < -0.39 is 0 Å². The Morgan fingerprint density at radius 1 is 1.62 bits per heavy atom. The number of hydrogen-bond acceptors (Lipinski definition) is 2. The molecule has 0 unspecified atom stereocenters. The molecule has 0 radical (unpaired) electrons. The van der Waals surface area contributed by atoms with Crippen LogP contribution in [0.15, 0.2) is 0 Å². The van der Waals surface area contributed by atoms with Crippen molar-refractivity contribution in [2.75, 3.05) is 0 Å². The fourth-order valence-corrected chi connectivity index (χ4v) is 0.647. The lowest BCUT2D eigenvalue weighted by atomic mass is 10.8. The Labute approximate surface area is 52.3 Å². The maximum Gasteiger partial charge on any atom is 0.220 e. The van der Waals surface area contributed by atoms with Crippen molar-refractivity contribution in [1.82, 2.24) is 14.8 Å². The molecule has 0 N–H and O–H groups in total. The average Bonchev–Trinajstić information content (AvgIpc) is 1.85. The van der Waals surface area contributed by atoms with Crippen molar-refractivity contribution in [3.63, 3.8) is 0 Å². The third-order valence-electron chi connectivity index (χ3n) is 0.816. The van der Waals surface area contributed by atoms with Crippen molar-refractivity contribution in [1.29, 1.82) is 0 Å². The van der Waals surface area contributed by atoms with Crippen molar-refractivity contribution < 1.29 is 0 Å². The zero-order chi connectivity index (χ0) is 6.15. The number of hydrogen-bond donors (Lipinski definition) is 0. The molecule has 0 spiro atoms.